The van der Waals surface area contributed by atoms with Crippen molar-refractivity contribution >= 4 is 28.9 Å². The quantitative estimate of drug-likeness (QED) is 0.291. The summed E-state index contributed by atoms with van der Waals surface area (Å²) in [5.74, 6) is -1.13. The molecule has 2 aliphatic heterocycles. The van der Waals surface area contributed by atoms with Gasteiger partial charge in [-0.3, -0.25) is 4.98 Å². The molecule has 4 N–H and O–H groups in total. The molecule has 2 saturated heterocycles. The van der Waals surface area contributed by atoms with E-state index in [1.165, 1.54) is 11.6 Å². The zero-order valence-electron chi connectivity index (χ0n) is 23.7. The van der Waals surface area contributed by atoms with Crippen LogP contribution in [0.4, 0.5) is 30.9 Å². The maximum atomic E-state index is 15.2. The fraction of sp³-hybridized carbons (Fsp3) is 0.379. The molecule has 0 aliphatic carbocycles. The normalized spacial score (nSPS) is 22.0. The zero-order valence-corrected chi connectivity index (χ0v) is 23.7. The van der Waals surface area contributed by atoms with Gasteiger partial charge in [0.2, 0.25) is 5.95 Å². The van der Waals surface area contributed by atoms with E-state index in [1.54, 1.807) is 30.7 Å². The Labute approximate surface area is 246 Å². The molecule has 14 heteroatoms. The van der Waals surface area contributed by atoms with Crippen molar-refractivity contribution in [3.63, 3.8) is 0 Å². The molecule has 0 radical (unpaired) electrons. The minimum absolute atomic E-state index is 0.0217. The first-order chi connectivity index (χ1) is 20.8. The molecule has 1 aromatic carbocycles. The number of hydrogen-bond acceptors (Lipinski definition) is 10. The van der Waals surface area contributed by atoms with Gasteiger partial charge in [-0.1, -0.05) is 6.92 Å². The summed E-state index contributed by atoms with van der Waals surface area (Å²) in [6.07, 6.45) is 4.84. The number of halogens is 2. The van der Waals surface area contributed by atoms with E-state index < -0.39 is 17.7 Å². The second kappa shape index (κ2) is 12.0. The Morgan fingerprint density at radius 3 is 2.70 bits per heavy atom. The molecule has 2 fully saturated rings. The molecule has 226 valence electrons. The average molecular weight is 595 g/mol. The number of carbonyl (C=O) groups is 1. The highest BCUT2D eigenvalue weighted by molar-refractivity contribution is 5.74. The molecule has 2 aliphatic rings. The zero-order chi connectivity index (χ0) is 30.1. The molecule has 0 saturated carbocycles. The fourth-order valence-corrected chi connectivity index (χ4v) is 5.61. The Hall–Kier alpha value is -4.56. The Balaban J connectivity index is 1.25. The van der Waals surface area contributed by atoms with Crippen LogP contribution in [0.15, 0.2) is 48.9 Å². The molecule has 5 heterocycles. The van der Waals surface area contributed by atoms with Gasteiger partial charge in [-0.2, -0.15) is 9.61 Å². The number of amides is 1. The summed E-state index contributed by atoms with van der Waals surface area (Å²) < 4.78 is 47.6. The van der Waals surface area contributed by atoms with Gasteiger partial charge in [0.15, 0.2) is 0 Å². The summed E-state index contributed by atoms with van der Waals surface area (Å²) in [5.41, 5.74) is 8.34. The van der Waals surface area contributed by atoms with Gasteiger partial charge in [-0.05, 0) is 24.1 Å². The van der Waals surface area contributed by atoms with Crippen LogP contribution in [0.3, 0.4) is 0 Å². The van der Waals surface area contributed by atoms with E-state index in [9.17, 15) is 4.79 Å². The van der Waals surface area contributed by atoms with Gasteiger partial charge in [0, 0.05) is 43.9 Å². The lowest BCUT2D eigenvalue weighted by Crippen LogP contribution is -2.62. The molecule has 0 bridgehead atoms. The summed E-state index contributed by atoms with van der Waals surface area (Å²) in [6, 6.07) is 6.80. The first-order valence-corrected chi connectivity index (χ1v) is 14.0. The number of alkyl carbamates (subject to hydrolysis) is 1. The van der Waals surface area contributed by atoms with Crippen LogP contribution in [-0.4, -0.2) is 77.3 Å². The standard InChI is InChI=1S/C29H32F2N8O4/c1-16-13-38(14-22(32)27(16)36-29(40)41-2)25-5-7-33-12-24(25)35-28-34-11-17-3-4-23(37-39(17)28)26-20(30)9-19(10-21(26)31)43-18-6-8-42-15-18/h3-5,7,9-12,16,18,22,27H,6,8,13-15,32H2,1-2H3,(H,34,35)(H,36,40)/t16-,18?,22+,27-/m0/s1. The van der Waals surface area contributed by atoms with Crippen LogP contribution in [0.1, 0.15) is 13.3 Å². The number of aromatic nitrogens is 4. The van der Waals surface area contributed by atoms with E-state index in [0.29, 0.717) is 49.9 Å². The van der Waals surface area contributed by atoms with E-state index in [4.69, 9.17) is 19.9 Å². The largest absolute Gasteiger partial charge is 0.488 e. The van der Waals surface area contributed by atoms with Crippen LogP contribution in [0.2, 0.25) is 0 Å². The third kappa shape index (κ3) is 5.88. The van der Waals surface area contributed by atoms with Crippen molar-refractivity contribution in [2.24, 2.45) is 11.7 Å². The summed E-state index contributed by atoms with van der Waals surface area (Å²) >= 11 is 0. The number of nitrogens with one attached hydrogen (secondary N) is 2. The predicted molar refractivity (Wildman–Crippen MR) is 154 cm³/mol. The summed E-state index contributed by atoms with van der Waals surface area (Å²) in [4.78, 5) is 22.6. The molecule has 0 spiro atoms. The Morgan fingerprint density at radius 2 is 1.98 bits per heavy atom. The van der Waals surface area contributed by atoms with E-state index in [1.807, 2.05) is 13.0 Å². The van der Waals surface area contributed by atoms with Gasteiger partial charge in [0.25, 0.3) is 0 Å². The number of benzene rings is 1. The third-order valence-corrected chi connectivity index (χ3v) is 7.72. The highest BCUT2D eigenvalue weighted by atomic mass is 19.1. The van der Waals surface area contributed by atoms with Crippen molar-refractivity contribution in [2.75, 3.05) is 43.6 Å². The lowest BCUT2D eigenvalue weighted by molar-refractivity contribution is 0.141. The molecular formula is C29H32F2N8O4. The monoisotopic (exact) mass is 594 g/mol. The number of ether oxygens (including phenoxy) is 3. The average Bonchev–Trinajstić information content (AvgIpc) is 3.64. The smallest absolute Gasteiger partial charge is 0.407 e. The molecule has 4 atom stereocenters. The molecule has 1 amide bonds. The number of rotatable bonds is 7. The fourth-order valence-electron chi connectivity index (χ4n) is 5.61. The minimum atomic E-state index is -0.791. The SMILES string of the molecule is COC(=O)N[C@@H]1[C@H](N)CN(c2ccncc2Nc2ncc3ccc(-c4c(F)cc(OC5CCOC5)cc4F)nn23)C[C@@H]1C. The second-order valence-corrected chi connectivity index (χ2v) is 10.7. The molecule has 1 unspecified atom stereocenters. The van der Waals surface area contributed by atoms with Crippen LogP contribution in [0, 0.1) is 17.6 Å². The van der Waals surface area contributed by atoms with Gasteiger partial charge in [-0.25, -0.2) is 18.6 Å². The first kappa shape index (κ1) is 28.6. The minimum Gasteiger partial charge on any atom is -0.488 e. The molecule has 12 nitrogen and oxygen atoms in total. The van der Waals surface area contributed by atoms with Crippen molar-refractivity contribution in [3.05, 3.63) is 60.6 Å². The number of methoxy groups -OCH3 is 1. The highest BCUT2D eigenvalue weighted by Crippen LogP contribution is 2.33. The second-order valence-electron chi connectivity index (χ2n) is 10.7. The number of nitrogens with two attached hydrogens (primary N) is 1. The first-order valence-electron chi connectivity index (χ1n) is 14.0. The summed E-state index contributed by atoms with van der Waals surface area (Å²) in [6.45, 7) is 4.02. The Bertz CT molecular complexity index is 1590. The Morgan fingerprint density at radius 1 is 1.16 bits per heavy atom. The molecular weight excluding hydrogens is 562 g/mol. The summed E-state index contributed by atoms with van der Waals surface area (Å²) in [5, 5.41) is 10.6. The number of piperidine rings is 1. The molecule has 4 aromatic rings. The number of pyridine rings is 1. The van der Waals surface area contributed by atoms with Gasteiger partial charge in [-0.15, -0.1) is 0 Å². The van der Waals surface area contributed by atoms with Crippen LogP contribution in [-0.2, 0) is 9.47 Å². The number of fused-ring (bicyclic) bond motifs is 1. The van der Waals surface area contributed by atoms with Crippen LogP contribution in [0.5, 0.6) is 5.75 Å². The van der Waals surface area contributed by atoms with Crippen LogP contribution >= 0.6 is 0 Å². The van der Waals surface area contributed by atoms with E-state index in [2.05, 4.69) is 30.6 Å². The molecule has 43 heavy (non-hydrogen) atoms. The van der Waals surface area contributed by atoms with E-state index in [0.717, 1.165) is 17.8 Å². The predicted octanol–water partition coefficient (Wildman–Crippen LogP) is 3.49. The van der Waals surface area contributed by atoms with Gasteiger partial charge < -0.3 is 35.5 Å². The van der Waals surface area contributed by atoms with E-state index >= 15 is 8.78 Å². The summed E-state index contributed by atoms with van der Waals surface area (Å²) in [7, 11) is 1.32. The van der Waals surface area contributed by atoms with Crippen molar-refractivity contribution in [3.8, 4) is 17.0 Å². The van der Waals surface area contributed by atoms with Crippen molar-refractivity contribution < 1.29 is 27.8 Å². The van der Waals surface area contributed by atoms with E-state index in [-0.39, 0.29) is 41.1 Å². The molecule has 3 aromatic heterocycles. The Kier molecular flexibility index (Phi) is 7.95. The maximum Gasteiger partial charge on any atom is 0.407 e. The van der Waals surface area contributed by atoms with Crippen molar-refractivity contribution in [1.82, 2.24) is 24.9 Å². The van der Waals surface area contributed by atoms with Gasteiger partial charge in [0.05, 0.1) is 66.9 Å². The maximum absolute atomic E-state index is 15.2. The lowest BCUT2D eigenvalue weighted by atomic mass is 9.90. The van der Waals surface area contributed by atoms with Crippen LogP contribution in [0.25, 0.3) is 16.8 Å². The third-order valence-electron chi connectivity index (χ3n) is 7.72. The number of imidazole rings is 1. The number of carbonyl (C=O) groups excluding carboxylic acids is 1. The van der Waals surface area contributed by atoms with Gasteiger partial charge >= 0.3 is 6.09 Å². The number of hydrogen-bond donors (Lipinski definition) is 3. The van der Waals surface area contributed by atoms with Gasteiger partial charge in [0.1, 0.15) is 23.5 Å². The highest BCUT2D eigenvalue weighted by Gasteiger charge is 2.34. The van der Waals surface area contributed by atoms with Crippen molar-refractivity contribution in [2.45, 2.75) is 31.5 Å². The lowest BCUT2D eigenvalue weighted by Gasteiger charge is -2.42. The van der Waals surface area contributed by atoms with Crippen LogP contribution < -0.4 is 26.0 Å². The van der Waals surface area contributed by atoms with Crippen molar-refractivity contribution in [1.29, 1.82) is 0 Å². The number of nitrogens with zero attached hydrogens (tertiary/aromatic N) is 5. The number of anilines is 3. The molecule has 6 rings (SSSR count). The topological polar surface area (TPSA) is 141 Å².